The third-order valence-electron chi connectivity index (χ3n) is 1.79. The number of nitro groups is 1. The summed E-state index contributed by atoms with van der Waals surface area (Å²) in [7, 11) is 0. The van der Waals surface area contributed by atoms with E-state index in [1.54, 1.807) is 6.92 Å². The van der Waals surface area contributed by atoms with E-state index in [0.29, 0.717) is 6.61 Å². The van der Waals surface area contributed by atoms with Crippen LogP contribution in [-0.2, 0) is 9.53 Å². The van der Waals surface area contributed by atoms with Gasteiger partial charge in [-0.25, -0.2) is 0 Å². The number of nitrogens with zero attached hydrogens (tertiary/aromatic N) is 2. The third kappa shape index (κ3) is 4.06. The molecule has 1 aromatic heterocycles. The van der Waals surface area contributed by atoms with E-state index in [4.69, 9.17) is 4.74 Å². The fourth-order valence-electron chi connectivity index (χ4n) is 1.11. The van der Waals surface area contributed by atoms with Crippen molar-refractivity contribution in [2.24, 2.45) is 0 Å². The standard InChI is InChI=1S/C10H12N2O5/c1-2-16-9(13)5-7-17-8-4-3-6-11-10(8)12(14)15/h3-4,6H,2,5,7H2,1H3. The molecule has 0 saturated carbocycles. The lowest BCUT2D eigenvalue weighted by Crippen LogP contribution is -2.10. The third-order valence-corrected chi connectivity index (χ3v) is 1.79. The molecule has 1 heterocycles. The number of rotatable bonds is 6. The van der Waals surface area contributed by atoms with Gasteiger partial charge in [0.05, 0.1) is 19.6 Å². The van der Waals surface area contributed by atoms with Crippen LogP contribution in [0.2, 0.25) is 0 Å². The molecule has 0 amide bonds. The summed E-state index contributed by atoms with van der Waals surface area (Å²) >= 11 is 0. The Balaban J connectivity index is 2.52. The van der Waals surface area contributed by atoms with Crippen LogP contribution in [0.1, 0.15) is 13.3 Å². The summed E-state index contributed by atoms with van der Waals surface area (Å²) in [4.78, 5) is 24.5. The van der Waals surface area contributed by atoms with E-state index in [9.17, 15) is 14.9 Å². The molecule has 1 rings (SSSR count). The van der Waals surface area contributed by atoms with Gasteiger partial charge in [0.25, 0.3) is 0 Å². The largest absolute Gasteiger partial charge is 0.485 e. The first-order chi connectivity index (χ1) is 8.15. The Bertz CT molecular complexity index is 407. The molecular weight excluding hydrogens is 228 g/mol. The van der Waals surface area contributed by atoms with Crippen molar-refractivity contribution in [3.8, 4) is 5.75 Å². The van der Waals surface area contributed by atoms with Crippen LogP contribution >= 0.6 is 0 Å². The van der Waals surface area contributed by atoms with Crippen molar-refractivity contribution in [1.82, 2.24) is 4.98 Å². The molecule has 0 aliphatic heterocycles. The van der Waals surface area contributed by atoms with Crippen molar-refractivity contribution < 1.29 is 19.2 Å². The fraction of sp³-hybridized carbons (Fsp3) is 0.400. The van der Waals surface area contributed by atoms with E-state index >= 15 is 0 Å². The Morgan fingerprint density at radius 2 is 2.35 bits per heavy atom. The summed E-state index contributed by atoms with van der Waals surface area (Å²) in [6.07, 6.45) is 1.34. The number of carbonyl (C=O) groups excluding carboxylic acids is 1. The molecule has 0 aliphatic rings. The normalized spacial score (nSPS) is 9.71. The maximum Gasteiger partial charge on any atom is 0.406 e. The highest BCUT2D eigenvalue weighted by Gasteiger charge is 2.15. The summed E-state index contributed by atoms with van der Waals surface area (Å²) in [5.74, 6) is -0.725. The van der Waals surface area contributed by atoms with Gasteiger partial charge in [0.1, 0.15) is 6.20 Å². The van der Waals surface area contributed by atoms with Gasteiger partial charge in [-0.1, -0.05) is 0 Å². The molecule has 17 heavy (non-hydrogen) atoms. The highest BCUT2D eigenvalue weighted by atomic mass is 16.6. The number of carbonyl (C=O) groups is 1. The van der Waals surface area contributed by atoms with E-state index in [2.05, 4.69) is 9.72 Å². The number of ether oxygens (including phenoxy) is 2. The zero-order valence-electron chi connectivity index (χ0n) is 9.29. The molecular formula is C10H12N2O5. The van der Waals surface area contributed by atoms with Crippen LogP contribution in [0.3, 0.4) is 0 Å². The number of aromatic nitrogens is 1. The Labute approximate surface area is 97.5 Å². The van der Waals surface area contributed by atoms with Gasteiger partial charge in [-0.15, -0.1) is 0 Å². The monoisotopic (exact) mass is 240 g/mol. The molecule has 0 fully saturated rings. The molecule has 0 radical (unpaired) electrons. The van der Waals surface area contributed by atoms with Gasteiger partial charge >= 0.3 is 11.8 Å². The lowest BCUT2D eigenvalue weighted by Gasteiger charge is -2.05. The lowest BCUT2D eigenvalue weighted by atomic mass is 10.4. The van der Waals surface area contributed by atoms with Crippen LogP contribution < -0.4 is 4.74 Å². The second-order valence-electron chi connectivity index (χ2n) is 2.99. The molecule has 92 valence electrons. The second-order valence-corrected chi connectivity index (χ2v) is 2.99. The first kappa shape index (κ1) is 12.9. The van der Waals surface area contributed by atoms with E-state index in [1.807, 2.05) is 0 Å². The smallest absolute Gasteiger partial charge is 0.406 e. The molecule has 0 bridgehead atoms. The lowest BCUT2D eigenvalue weighted by molar-refractivity contribution is -0.390. The minimum atomic E-state index is -0.639. The zero-order chi connectivity index (χ0) is 12.7. The predicted octanol–water partition coefficient (Wildman–Crippen LogP) is 1.32. The summed E-state index contributed by atoms with van der Waals surface area (Å²) in [6, 6.07) is 2.95. The van der Waals surface area contributed by atoms with E-state index in [-0.39, 0.29) is 24.6 Å². The van der Waals surface area contributed by atoms with Gasteiger partial charge in [0.2, 0.25) is 5.75 Å². The van der Waals surface area contributed by atoms with Crippen molar-refractivity contribution in [3.63, 3.8) is 0 Å². The van der Waals surface area contributed by atoms with Crippen molar-refractivity contribution >= 4 is 11.8 Å². The van der Waals surface area contributed by atoms with Crippen LogP contribution in [0.5, 0.6) is 5.75 Å². The van der Waals surface area contributed by atoms with E-state index in [1.165, 1.54) is 18.3 Å². The molecule has 0 aliphatic carbocycles. The van der Waals surface area contributed by atoms with Crippen molar-refractivity contribution in [3.05, 3.63) is 28.4 Å². The highest BCUT2D eigenvalue weighted by Crippen LogP contribution is 2.22. The summed E-state index contributed by atoms with van der Waals surface area (Å²) in [5, 5.41) is 10.6. The first-order valence-electron chi connectivity index (χ1n) is 5.03. The number of hydrogen-bond donors (Lipinski definition) is 0. The van der Waals surface area contributed by atoms with Crippen molar-refractivity contribution in [2.75, 3.05) is 13.2 Å². The fourth-order valence-corrected chi connectivity index (χ4v) is 1.11. The highest BCUT2D eigenvalue weighted by molar-refractivity contribution is 5.69. The quantitative estimate of drug-likeness (QED) is 0.423. The van der Waals surface area contributed by atoms with Gasteiger partial charge in [-0.3, -0.25) is 4.79 Å². The Morgan fingerprint density at radius 3 is 3.00 bits per heavy atom. The Morgan fingerprint density at radius 1 is 1.59 bits per heavy atom. The zero-order valence-corrected chi connectivity index (χ0v) is 9.29. The number of esters is 1. The summed E-state index contributed by atoms with van der Waals surface area (Å²) in [5.41, 5.74) is 0. The molecule has 7 heteroatoms. The van der Waals surface area contributed by atoms with Gasteiger partial charge in [-0.05, 0) is 29.0 Å². The van der Waals surface area contributed by atoms with Gasteiger partial charge < -0.3 is 19.6 Å². The Kier molecular flexibility index (Phi) is 4.86. The molecule has 0 atom stereocenters. The molecule has 0 unspecified atom stereocenters. The van der Waals surface area contributed by atoms with Crippen LogP contribution in [-0.4, -0.2) is 29.1 Å². The van der Waals surface area contributed by atoms with Crippen LogP contribution in [0.15, 0.2) is 18.3 Å². The average Bonchev–Trinajstić information content (AvgIpc) is 2.30. The topological polar surface area (TPSA) is 91.6 Å². The maximum absolute atomic E-state index is 11.0. The van der Waals surface area contributed by atoms with E-state index in [0.717, 1.165) is 0 Å². The molecule has 0 saturated heterocycles. The van der Waals surface area contributed by atoms with Crippen molar-refractivity contribution in [1.29, 1.82) is 0 Å². The molecule has 0 N–H and O–H groups in total. The maximum atomic E-state index is 11.0. The molecule has 0 aromatic carbocycles. The molecule has 0 spiro atoms. The van der Waals surface area contributed by atoms with Gasteiger partial charge in [-0.2, -0.15) is 0 Å². The number of hydrogen-bond acceptors (Lipinski definition) is 6. The van der Waals surface area contributed by atoms with Crippen LogP contribution in [0.25, 0.3) is 0 Å². The van der Waals surface area contributed by atoms with Crippen LogP contribution in [0, 0.1) is 10.1 Å². The van der Waals surface area contributed by atoms with Crippen LogP contribution in [0.4, 0.5) is 5.82 Å². The predicted molar refractivity (Wildman–Crippen MR) is 57.6 cm³/mol. The van der Waals surface area contributed by atoms with E-state index < -0.39 is 10.9 Å². The molecule has 7 nitrogen and oxygen atoms in total. The summed E-state index contributed by atoms with van der Waals surface area (Å²) < 4.78 is 9.80. The number of pyridine rings is 1. The molecule has 1 aromatic rings. The Hall–Kier alpha value is -2.18. The second kappa shape index (κ2) is 6.41. The first-order valence-corrected chi connectivity index (χ1v) is 5.03. The average molecular weight is 240 g/mol. The van der Waals surface area contributed by atoms with Gasteiger partial charge in [0.15, 0.2) is 0 Å². The van der Waals surface area contributed by atoms with Crippen molar-refractivity contribution in [2.45, 2.75) is 13.3 Å². The minimum absolute atomic E-state index is 0.0192. The summed E-state index contributed by atoms with van der Waals surface area (Å²) in [6.45, 7) is 2.02. The van der Waals surface area contributed by atoms with Gasteiger partial charge in [0, 0.05) is 0 Å². The minimum Gasteiger partial charge on any atom is -0.485 e. The SMILES string of the molecule is CCOC(=O)CCOc1cccnc1[N+](=O)[O-].